The Labute approximate surface area is 81.0 Å². The van der Waals surface area contributed by atoms with Crippen molar-refractivity contribution >= 4 is 17.6 Å². The van der Waals surface area contributed by atoms with E-state index in [1.807, 2.05) is 0 Å². The Hall–Kier alpha value is -0.740. The van der Waals surface area contributed by atoms with Crippen LogP contribution in [0.1, 0.15) is 12.8 Å². The van der Waals surface area contributed by atoms with E-state index in [1.54, 1.807) is 4.90 Å². The zero-order valence-electron chi connectivity index (χ0n) is 7.03. The molecule has 0 aromatic heterocycles. The smallest absolute Gasteiger partial charge is 0.353 e. The molecule has 0 aromatic rings. The van der Waals surface area contributed by atoms with Crippen LogP contribution in [0.25, 0.3) is 0 Å². The van der Waals surface area contributed by atoms with Gasteiger partial charge in [-0.3, -0.25) is 0 Å². The van der Waals surface area contributed by atoms with Gasteiger partial charge in [-0.15, -0.1) is 0 Å². The predicted octanol–water partition coefficient (Wildman–Crippen LogP) is 0.327. The lowest BCUT2D eigenvalue weighted by molar-refractivity contribution is -0.136. The highest BCUT2D eigenvalue weighted by Gasteiger charge is 2.43. The molecule has 2 unspecified atom stereocenters. The van der Waals surface area contributed by atoms with Crippen LogP contribution in [0.5, 0.6) is 0 Å². The molecule has 0 saturated carbocycles. The molecule has 0 aromatic carbocycles. The number of carboxylic acids is 1. The number of aliphatic carboxylic acids is 1. The maximum Gasteiger partial charge on any atom is 0.353 e. The Morgan fingerprint density at radius 2 is 2.38 bits per heavy atom. The minimum absolute atomic E-state index is 0.110. The molecular weight excluding hydrogens is 192 g/mol. The highest BCUT2D eigenvalue weighted by Crippen LogP contribution is 2.35. The molecule has 2 rings (SSSR count). The van der Waals surface area contributed by atoms with Gasteiger partial charge in [-0.2, -0.15) is 0 Å². The minimum atomic E-state index is -0.943. The monoisotopic (exact) mass is 202 g/mol. The molecule has 3 N–H and O–H groups in total. The maximum absolute atomic E-state index is 10.8. The van der Waals surface area contributed by atoms with Gasteiger partial charge in [-0.05, 0) is 12.8 Å². The van der Waals surface area contributed by atoms with Gasteiger partial charge in [0.2, 0.25) is 0 Å². The molecule has 5 heteroatoms. The molecule has 72 valence electrons. The van der Waals surface area contributed by atoms with Crippen molar-refractivity contribution in [3.8, 4) is 0 Å². The Morgan fingerprint density at radius 1 is 1.69 bits per heavy atom. The van der Waals surface area contributed by atoms with Crippen molar-refractivity contribution in [2.24, 2.45) is 5.73 Å². The summed E-state index contributed by atoms with van der Waals surface area (Å²) in [6, 6.07) is 0.299. The zero-order chi connectivity index (χ0) is 9.59. The maximum atomic E-state index is 10.8. The second-order valence-electron chi connectivity index (χ2n) is 3.48. The van der Waals surface area contributed by atoms with Crippen LogP contribution in [0.15, 0.2) is 10.7 Å². The number of carbonyl (C=O) groups is 1. The summed E-state index contributed by atoms with van der Waals surface area (Å²) in [5, 5.41) is 9.35. The lowest BCUT2D eigenvalue weighted by atomic mass is 9.88. The number of allylic oxidation sites excluding steroid dienone is 1. The van der Waals surface area contributed by atoms with Gasteiger partial charge in [0.05, 0.1) is 0 Å². The second-order valence-corrected chi connectivity index (χ2v) is 3.94. The van der Waals surface area contributed by atoms with E-state index >= 15 is 0 Å². The summed E-state index contributed by atoms with van der Waals surface area (Å²) in [6.07, 6.45) is 1.51. The van der Waals surface area contributed by atoms with Crippen LogP contribution in [0.4, 0.5) is 0 Å². The Morgan fingerprint density at radius 3 is 2.92 bits per heavy atom. The number of hydrogen-bond donors (Lipinski definition) is 2. The van der Waals surface area contributed by atoms with Crippen LogP contribution in [-0.2, 0) is 4.79 Å². The van der Waals surface area contributed by atoms with E-state index in [9.17, 15) is 4.79 Å². The molecule has 0 radical (unpaired) electrons. The van der Waals surface area contributed by atoms with E-state index in [0.717, 1.165) is 6.42 Å². The Bertz CT molecular complexity index is 290. The lowest BCUT2D eigenvalue weighted by Crippen LogP contribution is -2.65. The van der Waals surface area contributed by atoms with Gasteiger partial charge in [-0.1, -0.05) is 11.6 Å². The molecule has 0 aliphatic carbocycles. The fourth-order valence-electron chi connectivity index (χ4n) is 1.99. The molecule has 1 fully saturated rings. The second kappa shape index (κ2) is 2.89. The van der Waals surface area contributed by atoms with Gasteiger partial charge in [0, 0.05) is 23.7 Å². The summed E-state index contributed by atoms with van der Waals surface area (Å²) in [4.78, 5) is 12.6. The van der Waals surface area contributed by atoms with E-state index in [4.69, 9.17) is 22.4 Å². The molecule has 2 heterocycles. The first-order chi connectivity index (χ1) is 6.11. The van der Waals surface area contributed by atoms with Gasteiger partial charge < -0.3 is 15.7 Å². The van der Waals surface area contributed by atoms with E-state index in [0.29, 0.717) is 18.0 Å². The first-order valence-electron chi connectivity index (χ1n) is 4.25. The van der Waals surface area contributed by atoms with Crippen molar-refractivity contribution < 1.29 is 9.90 Å². The van der Waals surface area contributed by atoms with Gasteiger partial charge in [-0.25, -0.2) is 4.79 Å². The number of hydrogen-bond acceptors (Lipinski definition) is 3. The van der Waals surface area contributed by atoms with E-state index in [2.05, 4.69) is 0 Å². The fourth-order valence-corrected chi connectivity index (χ4v) is 2.29. The van der Waals surface area contributed by atoms with Gasteiger partial charge in [0.1, 0.15) is 5.70 Å². The topological polar surface area (TPSA) is 66.6 Å². The first-order valence-corrected chi connectivity index (χ1v) is 4.63. The van der Waals surface area contributed by atoms with Crippen molar-refractivity contribution in [3.05, 3.63) is 10.7 Å². The summed E-state index contributed by atoms with van der Waals surface area (Å²) in [6.45, 7) is 0.614. The average molecular weight is 203 g/mol. The van der Waals surface area contributed by atoms with Crippen LogP contribution < -0.4 is 5.73 Å². The number of fused-ring (bicyclic) bond motifs is 1. The first kappa shape index (κ1) is 8.84. The third-order valence-corrected chi connectivity index (χ3v) is 3.08. The van der Waals surface area contributed by atoms with Crippen LogP contribution in [0, 0.1) is 0 Å². The lowest BCUT2D eigenvalue weighted by Gasteiger charge is -2.50. The summed E-state index contributed by atoms with van der Waals surface area (Å²) >= 11 is 5.84. The highest BCUT2D eigenvalue weighted by molar-refractivity contribution is 6.31. The van der Waals surface area contributed by atoms with Crippen molar-refractivity contribution in [1.29, 1.82) is 0 Å². The zero-order valence-corrected chi connectivity index (χ0v) is 7.79. The normalized spacial score (nSPS) is 32.6. The summed E-state index contributed by atoms with van der Waals surface area (Å²) in [7, 11) is 0. The Kier molecular flexibility index (Phi) is 1.96. The van der Waals surface area contributed by atoms with E-state index in [-0.39, 0.29) is 17.8 Å². The summed E-state index contributed by atoms with van der Waals surface area (Å²) in [5.41, 5.74) is 5.99. The Balaban J connectivity index is 2.26. The van der Waals surface area contributed by atoms with Crippen molar-refractivity contribution in [2.45, 2.75) is 24.9 Å². The average Bonchev–Trinajstić information content (AvgIpc) is 2.02. The van der Waals surface area contributed by atoms with Crippen LogP contribution in [-0.4, -0.2) is 34.6 Å². The number of halogens is 1. The van der Waals surface area contributed by atoms with Gasteiger partial charge >= 0.3 is 5.97 Å². The summed E-state index contributed by atoms with van der Waals surface area (Å²) < 4.78 is 0. The number of rotatable bonds is 1. The standard InChI is InChI=1S/C8H11ClN2O2/c9-4-1-2-6-5(10)3-11(6)7(4)8(12)13/h5-6H,1-3,10H2,(H,12,13). The third kappa shape index (κ3) is 1.21. The molecular formula is C8H11ClN2O2. The summed E-state index contributed by atoms with van der Waals surface area (Å²) in [5.74, 6) is -0.943. The third-order valence-electron chi connectivity index (χ3n) is 2.71. The highest BCUT2D eigenvalue weighted by atomic mass is 35.5. The van der Waals surface area contributed by atoms with Gasteiger partial charge in [0.25, 0.3) is 0 Å². The molecule has 1 saturated heterocycles. The van der Waals surface area contributed by atoms with E-state index < -0.39 is 5.97 Å². The van der Waals surface area contributed by atoms with E-state index in [1.165, 1.54) is 0 Å². The van der Waals surface area contributed by atoms with Crippen LogP contribution in [0.3, 0.4) is 0 Å². The SMILES string of the molecule is NC1CN2C(C(=O)O)=C(Cl)CCC12. The minimum Gasteiger partial charge on any atom is -0.477 e. The predicted molar refractivity (Wildman–Crippen MR) is 48.2 cm³/mol. The molecule has 2 atom stereocenters. The molecule has 4 nitrogen and oxygen atoms in total. The molecule has 0 bridgehead atoms. The molecule has 2 aliphatic heterocycles. The number of nitrogens with two attached hydrogens (primary N) is 1. The molecule has 0 spiro atoms. The quantitative estimate of drug-likeness (QED) is 0.643. The van der Waals surface area contributed by atoms with Crippen molar-refractivity contribution in [3.63, 3.8) is 0 Å². The molecule has 0 amide bonds. The largest absolute Gasteiger partial charge is 0.477 e. The molecule has 2 aliphatic rings. The molecule has 13 heavy (non-hydrogen) atoms. The fraction of sp³-hybridized carbons (Fsp3) is 0.625. The van der Waals surface area contributed by atoms with Gasteiger partial charge in [0.15, 0.2) is 0 Å². The van der Waals surface area contributed by atoms with Crippen LogP contribution in [0.2, 0.25) is 0 Å². The number of carboxylic acid groups (broad SMARTS) is 1. The van der Waals surface area contributed by atoms with Crippen LogP contribution >= 0.6 is 11.6 Å². The van der Waals surface area contributed by atoms with Crippen molar-refractivity contribution in [2.75, 3.05) is 6.54 Å². The number of nitrogens with zero attached hydrogens (tertiary/aromatic N) is 1. The van der Waals surface area contributed by atoms with Crippen molar-refractivity contribution in [1.82, 2.24) is 4.90 Å².